The maximum Gasteiger partial charge on any atom is 0.175 e. The van der Waals surface area contributed by atoms with Gasteiger partial charge < -0.3 is 10.1 Å². The second-order valence-corrected chi connectivity index (χ2v) is 5.87. The van der Waals surface area contributed by atoms with Crippen LogP contribution in [0.4, 0.5) is 0 Å². The molecule has 1 N–H and O–H groups in total. The second kappa shape index (κ2) is 6.38. The maximum absolute atomic E-state index is 11.2. The van der Waals surface area contributed by atoms with E-state index in [0.29, 0.717) is 18.8 Å². The molecule has 0 aliphatic carbocycles. The molecule has 0 bridgehead atoms. The lowest BCUT2D eigenvalue weighted by Crippen LogP contribution is -2.25. The topological polar surface area (TPSA) is 79.2 Å². The molecule has 0 aromatic heterocycles. The van der Waals surface area contributed by atoms with Crippen molar-refractivity contribution in [1.82, 2.24) is 5.32 Å². The van der Waals surface area contributed by atoms with Gasteiger partial charge in [0.1, 0.15) is 5.75 Å². The van der Waals surface area contributed by atoms with Gasteiger partial charge in [-0.1, -0.05) is 0 Å². The van der Waals surface area contributed by atoms with Crippen molar-refractivity contribution in [1.29, 1.82) is 5.26 Å². The van der Waals surface area contributed by atoms with Crippen LogP contribution < -0.4 is 10.1 Å². The molecule has 0 fully saturated rings. The lowest BCUT2D eigenvalue weighted by atomic mass is 10.2. The Kier molecular flexibility index (Phi) is 5.13. The van der Waals surface area contributed by atoms with E-state index >= 15 is 0 Å². The van der Waals surface area contributed by atoms with E-state index < -0.39 is 9.84 Å². The smallest absolute Gasteiger partial charge is 0.175 e. The quantitative estimate of drug-likeness (QED) is 0.831. The van der Waals surface area contributed by atoms with Gasteiger partial charge in [-0.3, -0.25) is 0 Å². The highest BCUT2D eigenvalue weighted by Gasteiger charge is 2.07. The molecule has 0 aliphatic heterocycles. The first-order valence-electron chi connectivity index (χ1n) is 5.47. The van der Waals surface area contributed by atoms with Crippen LogP contribution in [0.3, 0.4) is 0 Å². The maximum atomic E-state index is 11.2. The standard InChI is InChI=1S/C12H16N2O3S/c1-14-10(9-13)7-8-17-11-3-5-12(6-4-11)18(2,15)16/h3-6,10,14H,7-8H2,1-2H3. The predicted molar refractivity (Wildman–Crippen MR) is 68.1 cm³/mol. The monoisotopic (exact) mass is 268 g/mol. The van der Waals surface area contributed by atoms with Crippen molar-refractivity contribution in [3.05, 3.63) is 24.3 Å². The molecule has 0 aliphatic rings. The van der Waals surface area contributed by atoms with Crippen molar-refractivity contribution >= 4 is 9.84 Å². The molecule has 0 saturated heterocycles. The SMILES string of the molecule is CNC(C#N)CCOc1ccc(S(C)(=O)=O)cc1. The van der Waals surface area contributed by atoms with Crippen LogP contribution in [-0.2, 0) is 9.84 Å². The van der Waals surface area contributed by atoms with E-state index in [1.54, 1.807) is 19.2 Å². The van der Waals surface area contributed by atoms with Gasteiger partial charge in [0, 0.05) is 12.7 Å². The first-order valence-corrected chi connectivity index (χ1v) is 7.36. The number of sulfone groups is 1. The number of ether oxygens (including phenoxy) is 1. The second-order valence-electron chi connectivity index (χ2n) is 3.85. The summed E-state index contributed by atoms with van der Waals surface area (Å²) in [7, 11) is -1.45. The zero-order valence-electron chi connectivity index (χ0n) is 10.4. The van der Waals surface area contributed by atoms with Crippen LogP contribution in [0.1, 0.15) is 6.42 Å². The molecule has 6 heteroatoms. The normalized spacial score (nSPS) is 12.7. The van der Waals surface area contributed by atoms with E-state index in [9.17, 15) is 8.42 Å². The van der Waals surface area contributed by atoms with Gasteiger partial charge in [-0.15, -0.1) is 0 Å². The summed E-state index contributed by atoms with van der Waals surface area (Å²) in [6.07, 6.45) is 1.73. The molecular formula is C12H16N2O3S. The van der Waals surface area contributed by atoms with Crippen LogP contribution in [0.2, 0.25) is 0 Å². The van der Waals surface area contributed by atoms with Crippen LogP contribution in [0.5, 0.6) is 5.75 Å². The Bertz CT molecular complexity index is 517. The molecule has 1 atom stereocenters. The van der Waals surface area contributed by atoms with Gasteiger partial charge in [-0.2, -0.15) is 5.26 Å². The largest absolute Gasteiger partial charge is 0.493 e. The van der Waals surface area contributed by atoms with Gasteiger partial charge in [-0.05, 0) is 31.3 Å². The lowest BCUT2D eigenvalue weighted by Gasteiger charge is -2.09. The minimum absolute atomic E-state index is 0.236. The Morgan fingerprint density at radius 1 is 1.39 bits per heavy atom. The molecule has 98 valence electrons. The average molecular weight is 268 g/mol. The number of nitrogens with one attached hydrogen (secondary N) is 1. The van der Waals surface area contributed by atoms with Gasteiger partial charge in [0.05, 0.1) is 23.6 Å². The fourth-order valence-electron chi connectivity index (χ4n) is 1.35. The molecule has 1 aromatic carbocycles. The van der Waals surface area contributed by atoms with Gasteiger partial charge >= 0.3 is 0 Å². The fraction of sp³-hybridized carbons (Fsp3) is 0.417. The van der Waals surface area contributed by atoms with Crippen LogP contribution in [0.25, 0.3) is 0 Å². The van der Waals surface area contributed by atoms with Crippen molar-refractivity contribution in [2.75, 3.05) is 19.9 Å². The van der Waals surface area contributed by atoms with E-state index in [0.717, 1.165) is 6.26 Å². The zero-order chi connectivity index (χ0) is 13.6. The van der Waals surface area contributed by atoms with Gasteiger partial charge in [0.15, 0.2) is 9.84 Å². The van der Waals surface area contributed by atoms with Gasteiger partial charge in [0.2, 0.25) is 0 Å². The summed E-state index contributed by atoms with van der Waals surface area (Å²) in [5, 5.41) is 11.6. The first-order chi connectivity index (χ1) is 8.47. The average Bonchev–Trinajstić information content (AvgIpc) is 2.34. The summed E-state index contributed by atoms with van der Waals surface area (Å²) >= 11 is 0. The van der Waals surface area contributed by atoms with E-state index in [-0.39, 0.29) is 10.9 Å². The molecule has 0 radical (unpaired) electrons. The Morgan fingerprint density at radius 3 is 2.44 bits per heavy atom. The Hall–Kier alpha value is -1.58. The van der Waals surface area contributed by atoms with E-state index in [1.807, 2.05) is 0 Å². The number of nitriles is 1. The molecule has 0 spiro atoms. The number of nitrogens with zero attached hydrogens (tertiary/aromatic N) is 1. The van der Waals surface area contributed by atoms with Crippen molar-refractivity contribution in [3.63, 3.8) is 0 Å². The van der Waals surface area contributed by atoms with Crippen LogP contribution >= 0.6 is 0 Å². The third-order valence-electron chi connectivity index (χ3n) is 2.43. The number of hydrogen-bond donors (Lipinski definition) is 1. The Labute approximate surface area is 107 Å². The van der Waals surface area contributed by atoms with Crippen molar-refractivity contribution in [2.24, 2.45) is 0 Å². The summed E-state index contributed by atoms with van der Waals surface area (Å²) in [4.78, 5) is 0.264. The lowest BCUT2D eigenvalue weighted by molar-refractivity contribution is 0.300. The summed E-state index contributed by atoms with van der Waals surface area (Å²) in [5.41, 5.74) is 0. The van der Waals surface area contributed by atoms with E-state index in [4.69, 9.17) is 10.00 Å². The van der Waals surface area contributed by atoms with Crippen molar-refractivity contribution < 1.29 is 13.2 Å². The number of hydrogen-bond acceptors (Lipinski definition) is 5. The van der Waals surface area contributed by atoms with E-state index in [2.05, 4.69) is 11.4 Å². The first kappa shape index (κ1) is 14.5. The number of benzene rings is 1. The third kappa shape index (κ3) is 4.35. The number of rotatable bonds is 6. The molecule has 0 heterocycles. The van der Waals surface area contributed by atoms with Crippen molar-refractivity contribution in [3.8, 4) is 11.8 Å². The summed E-state index contributed by atoms with van der Waals surface area (Å²) in [5.74, 6) is 0.593. The molecule has 1 rings (SSSR count). The third-order valence-corrected chi connectivity index (χ3v) is 3.56. The zero-order valence-corrected chi connectivity index (χ0v) is 11.2. The minimum atomic E-state index is -3.17. The Balaban J connectivity index is 2.53. The van der Waals surface area contributed by atoms with Gasteiger partial charge in [-0.25, -0.2) is 8.42 Å². The fourth-order valence-corrected chi connectivity index (χ4v) is 1.98. The highest BCUT2D eigenvalue weighted by Crippen LogP contribution is 2.15. The highest BCUT2D eigenvalue weighted by atomic mass is 32.2. The Morgan fingerprint density at radius 2 is 2.00 bits per heavy atom. The predicted octanol–water partition coefficient (Wildman–Crippen LogP) is 0.971. The molecule has 0 amide bonds. The summed E-state index contributed by atoms with van der Waals surface area (Å²) < 4.78 is 27.9. The molecule has 1 aromatic rings. The van der Waals surface area contributed by atoms with Crippen molar-refractivity contribution in [2.45, 2.75) is 17.4 Å². The molecule has 0 saturated carbocycles. The summed E-state index contributed by atoms with van der Waals surface area (Å²) in [6.45, 7) is 0.400. The van der Waals surface area contributed by atoms with Gasteiger partial charge in [0.25, 0.3) is 0 Å². The van der Waals surface area contributed by atoms with Crippen LogP contribution in [-0.4, -0.2) is 34.4 Å². The molecule has 1 unspecified atom stereocenters. The highest BCUT2D eigenvalue weighted by molar-refractivity contribution is 7.90. The molecule has 18 heavy (non-hydrogen) atoms. The molecular weight excluding hydrogens is 252 g/mol. The van der Waals surface area contributed by atoms with Crippen LogP contribution in [0, 0.1) is 11.3 Å². The van der Waals surface area contributed by atoms with Crippen LogP contribution in [0.15, 0.2) is 29.2 Å². The molecule has 5 nitrogen and oxygen atoms in total. The van der Waals surface area contributed by atoms with E-state index in [1.165, 1.54) is 12.1 Å². The minimum Gasteiger partial charge on any atom is -0.493 e. The summed E-state index contributed by atoms with van der Waals surface area (Å²) in [6, 6.07) is 8.09.